The summed E-state index contributed by atoms with van der Waals surface area (Å²) in [6.07, 6.45) is 0.618. The van der Waals surface area contributed by atoms with Crippen LogP contribution in [-0.2, 0) is 27.7 Å². The van der Waals surface area contributed by atoms with Crippen molar-refractivity contribution in [3.8, 4) is 0 Å². The number of aromatic nitrogens is 2. The van der Waals surface area contributed by atoms with E-state index in [-0.39, 0.29) is 30.6 Å². The molecule has 3 rings (SSSR count). The molecule has 0 aliphatic carbocycles. The molecule has 1 aromatic rings. The SMILES string of the molecule is COCCN1CCN(C(=O)c2nn(C)c3c2C[C@H](C)O[C@@H]3C)CC1=O. The van der Waals surface area contributed by atoms with Gasteiger partial charge < -0.3 is 19.3 Å². The van der Waals surface area contributed by atoms with E-state index in [1.807, 2.05) is 20.9 Å². The number of nitrogens with zero attached hydrogens (tertiary/aromatic N) is 4. The number of amides is 2. The second-order valence-corrected chi connectivity index (χ2v) is 6.73. The number of carbonyl (C=O) groups is 2. The van der Waals surface area contributed by atoms with Gasteiger partial charge in [-0.25, -0.2) is 0 Å². The lowest BCUT2D eigenvalue weighted by Gasteiger charge is -2.34. The van der Waals surface area contributed by atoms with Crippen LogP contribution in [0, 0.1) is 0 Å². The van der Waals surface area contributed by atoms with Crippen molar-refractivity contribution >= 4 is 11.8 Å². The smallest absolute Gasteiger partial charge is 0.275 e. The molecule has 8 nitrogen and oxygen atoms in total. The number of fused-ring (bicyclic) bond motifs is 1. The third-order valence-corrected chi connectivity index (χ3v) is 4.88. The molecule has 1 fully saturated rings. The Morgan fingerprint density at radius 2 is 2.12 bits per heavy atom. The molecule has 0 unspecified atom stereocenters. The maximum absolute atomic E-state index is 13.0. The molecular weight excluding hydrogens is 324 g/mol. The normalized spacial score (nSPS) is 23.8. The van der Waals surface area contributed by atoms with Crippen LogP contribution in [0.15, 0.2) is 0 Å². The van der Waals surface area contributed by atoms with Crippen LogP contribution < -0.4 is 0 Å². The average molecular weight is 350 g/mol. The molecule has 0 radical (unpaired) electrons. The van der Waals surface area contributed by atoms with Crippen molar-refractivity contribution in [1.29, 1.82) is 0 Å². The van der Waals surface area contributed by atoms with Crippen LogP contribution in [-0.4, -0.2) is 77.4 Å². The molecule has 0 saturated carbocycles. The lowest BCUT2D eigenvalue weighted by molar-refractivity contribution is -0.135. The van der Waals surface area contributed by atoms with Crippen LogP contribution in [0.4, 0.5) is 0 Å². The van der Waals surface area contributed by atoms with Gasteiger partial charge in [-0.1, -0.05) is 0 Å². The molecule has 0 aromatic carbocycles. The second kappa shape index (κ2) is 7.13. The predicted molar refractivity (Wildman–Crippen MR) is 90.2 cm³/mol. The van der Waals surface area contributed by atoms with Gasteiger partial charge in [0.05, 0.1) is 24.5 Å². The largest absolute Gasteiger partial charge is 0.383 e. The third kappa shape index (κ3) is 3.41. The summed E-state index contributed by atoms with van der Waals surface area (Å²) in [4.78, 5) is 28.6. The quantitative estimate of drug-likeness (QED) is 0.784. The van der Waals surface area contributed by atoms with Crippen LogP contribution in [0.5, 0.6) is 0 Å². The number of piperazine rings is 1. The van der Waals surface area contributed by atoms with E-state index in [2.05, 4.69) is 5.10 Å². The summed E-state index contributed by atoms with van der Waals surface area (Å²) in [7, 11) is 3.44. The number of aryl methyl sites for hydroxylation is 1. The van der Waals surface area contributed by atoms with Crippen molar-refractivity contribution in [2.24, 2.45) is 7.05 Å². The molecule has 0 bridgehead atoms. The first-order valence-electron chi connectivity index (χ1n) is 8.69. The van der Waals surface area contributed by atoms with Gasteiger partial charge in [0.25, 0.3) is 5.91 Å². The van der Waals surface area contributed by atoms with Crippen LogP contribution >= 0.6 is 0 Å². The van der Waals surface area contributed by atoms with Crippen molar-refractivity contribution in [2.45, 2.75) is 32.5 Å². The molecule has 1 saturated heterocycles. The molecule has 2 amide bonds. The maximum atomic E-state index is 13.0. The molecule has 0 spiro atoms. The van der Waals surface area contributed by atoms with Crippen molar-refractivity contribution < 1.29 is 19.1 Å². The Bertz CT molecular complexity index is 672. The molecule has 2 aliphatic heterocycles. The van der Waals surface area contributed by atoms with Crippen LogP contribution in [0.2, 0.25) is 0 Å². The van der Waals surface area contributed by atoms with Crippen molar-refractivity contribution in [3.05, 3.63) is 17.0 Å². The topological polar surface area (TPSA) is 76.9 Å². The maximum Gasteiger partial charge on any atom is 0.275 e. The van der Waals surface area contributed by atoms with E-state index in [0.29, 0.717) is 38.4 Å². The Kier molecular flexibility index (Phi) is 5.10. The summed E-state index contributed by atoms with van der Waals surface area (Å²) in [6, 6.07) is 0. The van der Waals surface area contributed by atoms with E-state index >= 15 is 0 Å². The summed E-state index contributed by atoms with van der Waals surface area (Å²) in [6.45, 7) is 6.17. The summed E-state index contributed by atoms with van der Waals surface area (Å²) >= 11 is 0. The van der Waals surface area contributed by atoms with Crippen molar-refractivity contribution in [2.75, 3.05) is 39.9 Å². The number of carbonyl (C=O) groups excluding carboxylic acids is 2. The third-order valence-electron chi connectivity index (χ3n) is 4.88. The first-order chi connectivity index (χ1) is 11.9. The zero-order valence-electron chi connectivity index (χ0n) is 15.3. The molecule has 138 valence electrons. The number of hydrogen-bond donors (Lipinski definition) is 0. The summed E-state index contributed by atoms with van der Waals surface area (Å²) in [5, 5.41) is 4.45. The first kappa shape index (κ1) is 17.9. The van der Waals surface area contributed by atoms with E-state index in [4.69, 9.17) is 9.47 Å². The molecule has 25 heavy (non-hydrogen) atoms. The van der Waals surface area contributed by atoms with Crippen LogP contribution in [0.1, 0.15) is 41.7 Å². The number of ether oxygens (including phenoxy) is 2. The summed E-state index contributed by atoms with van der Waals surface area (Å²) < 4.78 is 12.6. The first-order valence-corrected chi connectivity index (χ1v) is 8.69. The molecule has 8 heteroatoms. The lowest BCUT2D eigenvalue weighted by Crippen LogP contribution is -2.53. The number of hydrogen-bond acceptors (Lipinski definition) is 5. The molecular formula is C17H26N4O4. The Morgan fingerprint density at radius 3 is 2.80 bits per heavy atom. The fourth-order valence-electron chi connectivity index (χ4n) is 3.68. The predicted octanol–water partition coefficient (Wildman–Crippen LogP) is 0.373. The Morgan fingerprint density at radius 1 is 1.36 bits per heavy atom. The highest BCUT2D eigenvalue weighted by Crippen LogP contribution is 2.32. The van der Waals surface area contributed by atoms with Crippen LogP contribution in [0.25, 0.3) is 0 Å². The highest BCUT2D eigenvalue weighted by atomic mass is 16.5. The lowest BCUT2D eigenvalue weighted by atomic mass is 9.99. The fraction of sp³-hybridized carbons (Fsp3) is 0.706. The summed E-state index contributed by atoms with van der Waals surface area (Å²) in [5.74, 6) is -0.218. The molecule has 0 N–H and O–H groups in total. The van der Waals surface area contributed by atoms with Gasteiger partial charge in [-0.3, -0.25) is 14.3 Å². The average Bonchev–Trinajstić information content (AvgIpc) is 2.89. The van der Waals surface area contributed by atoms with Crippen LogP contribution in [0.3, 0.4) is 0 Å². The minimum absolute atomic E-state index is 0.0470. The zero-order chi connectivity index (χ0) is 18.1. The standard InChI is InChI=1S/C17H26N4O4/c1-11-9-13-15(18-19(3)16(13)12(2)25-11)17(23)21-6-5-20(7-8-24-4)14(22)10-21/h11-12H,5-10H2,1-4H3/t11-,12+/m0/s1. The molecule has 2 atom stereocenters. The molecule has 3 heterocycles. The number of methoxy groups -OCH3 is 1. The second-order valence-electron chi connectivity index (χ2n) is 6.73. The van der Waals surface area contributed by atoms with E-state index in [1.165, 1.54) is 0 Å². The number of rotatable bonds is 4. The molecule has 1 aromatic heterocycles. The van der Waals surface area contributed by atoms with Gasteiger partial charge in [-0.2, -0.15) is 5.10 Å². The van der Waals surface area contributed by atoms with Gasteiger partial charge in [0.2, 0.25) is 5.91 Å². The highest BCUT2D eigenvalue weighted by molar-refractivity contribution is 5.97. The van der Waals surface area contributed by atoms with Gasteiger partial charge in [-0.15, -0.1) is 0 Å². The zero-order valence-corrected chi connectivity index (χ0v) is 15.3. The fourth-order valence-corrected chi connectivity index (χ4v) is 3.68. The Balaban J connectivity index is 1.77. The van der Waals surface area contributed by atoms with Gasteiger partial charge >= 0.3 is 0 Å². The van der Waals surface area contributed by atoms with Crippen molar-refractivity contribution in [1.82, 2.24) is 19.6 Å². The molecule has 2 aliphatic rings. The van der Waals surface area contributed by atoms with E-state index in [0.717, 1.165) is 11.3 Å². The monoisotopic (exact) mass is 350 g/mol. The van der Waals surface area contributed by atoms with Gasteiger partial charge in [-0.05, 0) is 13.8 Å². The Hall–Kier alpha value is -1.93. The van der Waals surface area contributed by atoms with Gasteiger partial charge in [0, 0.05) is 45.8 Å². The van der Waals surface area contributed by atoms with E-state index in [9.17, 15) is 9.59 Å². The van der Waals surface area contributed by atoms with Gasteiger partial charge in [0.1, 0.15) is 6.54 Å². The van der Waals surface area contributed by atoms with E-state index in [1.54, 1.807) is 21.6 Å². The van der Waals surface area contributed by atoms with Gasteiger partial charge in [0.15, 0.2) is 5.69 Å². The van der Waals surface area contributed by atoms with E-state index < -0.39 is 0 Å². The highest BCUT2D eigenvalue weighted by Gasteiger charge is 2.35. The minimum atomic E-state index is -0.169. The minimum Gasteiger partial charge on any atom is -0.383 e. The Labute approximate surface area is 147 Å². The summed E-state index contributed by atoms with van der Waals surface area (Å²) in [5.41, 5.74) is 2.36. The van der Waals surface area contributed by atoms with Crippen molar-refractivity contribution in [3.63, 3.8) is 0 Å².